The van der Waals surface area contributed by atoms with Crippen LogP contribution in [0, 0.1) is 6.92 Å². The van der Waals surface area contributed by atoms with Gasteiger partial charge in [-0.05, 0) is 31.5 Å². The maximum Gasteiger partial charge on any atom is 0.317 e. The Morgan fingerprint density at radius 2 is 2.00 bits per heavy atom. The minimum Gasteiger partial charge on any atom is -0.480 e. The molecule has 1 fully saturated rings. The molecule has 0 atom stereocenters. The van der Waals surface area contributed by atoms with Gasteiger partial charge in [-0.3, -0.25) is 19.6 Å². The number of carboxylic acids is 1. The molecule has 5 heteroatoms. The van der Waals surface area contributed by atoms with Crippen LogP contribution in [-0.4, -0.2) is 58.6 Å². The maximum absolute atomic E-state index is 10.7. The number of aromatic nitrogens is 1. The zero-order valence-electron chi connectivity index (χ0n) is 11.4. The normalized spacial score (nSPS) is 18.2. The topological polar surface area (TPSA) is 56.7 Å². The van der Waals surface area contributed by atoms with Gasteiger partial charge in [-0.25, -0.2) is 0 Å². The van der Waals surface area contributed by atoms with E-state index in [1.807, 2.05) is 24.1 Å². The van der Waals surface area contributed by atoms with Crippen molar-refractivity contribution in [2.24, 2.45) is 0 Å². The minimum absolute atomic E-state index is 0.153. The van der Waals surface area contributed by atoms with E-state index in [0.717, 1.165) is 44.8 Å². The van der Waals surface area contributed by atoms with Crippen molar-refractivity contribution in [2.75, 3.05) is 32.7 Å². The Labute approximate surface area is 113 Å². The van der Waals surface area contributed by atoms with Gasteiger partial charge in [0, 0.05) is 38.1 Å². The third-order valence-electron chi connectivity index (χ3n) is 3.42. The molecule has 0 unspecified atom stereocenters. The average molecular weight is 263 g/mol. The SMILES string of the molecule is Cc1ccc(CN2CCCN(CC(=O)O)CC2)cn1. The second-order valence-corrected chi connectivity index (χ2v) is 5.11. The zero-order chi connectivity index (χ0) is 13.7. The minimum atomic E-state index is -0.740. The van der Waals surface area contributed by atoms with Gasteiger partial charge >= 0.3 is 5.97 Å². The van der Waals surface area contributed by atoms with E-state index in [0.29, 0.717) is 0 Å². The van der Waals surface area contributed by atoms with Gasteiger partial charge in [-0.15, -0.1) is 0 Å². The molecule has 0 amide bonds. The van der Waals surface area contributed by atoms with Gasteiger partial charge in [0.15, 0.2) is 0 Å². The third-order valence-corrected chi connectivity index (χ3v) is 3.42. The smallest absolute Gasteiger partial charge is 0.317 e. The highest BCUT2D eigenvalue weighted by Gasteiger charge is 2.16. The van der Waals surface area contributed by atoms with Crippen LogP contribution in [0.1, 0.15) is 17.7 Å². The Morgan fingerprint density at radius 1 is 1.26 bits per heavy atom. The third kappa shape index (κ3) is 4.61. The number of hydrogen-bond acceptors (Lipinski definition) is 4. The summed E-state index contributed by atoms with van der Waals surface area (Å²) in [4.78, 5) is 19.4. The van der Waals surface area contributed by atoms with E-state index in [1.165, 1.54) is 5.56 Å². The molecule has 1 aliphatic heterocycles. The van der Waals surface area contributed by atoms with Crippen molar-refractivity contribution in [3.05, 3.63) is 29.6 Å². The molecule has 1 aromatic rings. The predicted octanol–water partition coefficient (Wildman–Crippen LogP) is 0.982. The summed E-state index contributed by atoms with van der Waals surface area (Å²) in [6.45, 7) is 6.67. The Bertz CT molecular complexity index is 419. The van der Waals surface area contributed by atoms with Crippen molar-refractivity contribution in [2.45, 2.75) is 19.9 Å². The molecule has 0 aromatic carbocycles. The molecule has 19 heavy (non-hydrogen) atoms. The number of carboxylic acid groups (broad SMARTS) is 1. The summed E-state index contributed by atoms with van der Waals surface area (Å²) < 4.78 is 0. The van der Waals surface area contributed by atoms with Gasteiger partial charge in [0.25, 0.3) is 0 Å². The monoisotopic (exact) mass is 263 g/mol. The highest BCUT2D eigenvalue weighted by atomic mass is 16.4. The Morgan fingerprint density at radius 3 is 2.68 bits per heavy atom. The molecule has 2 heterocycles. The molecule has 1 N–H and O–H groups in total. The van der Waals surface area contributed by atoms with Crippen LogP contribution in [0.15, 0.2) is 18.3 Å². The Kier molecular flexibility index (Phi) is 4.87. The molecular formula is C14H21N3O2. The molecule has 104 valence electrons. The van der Waals surface area contributed by atoms with Gasteiger partial charge in [-0.1, -0.05) is 6.07 Å². The molecule has 0 spiro atoms. The lowest BCUT2D eigenvalue weighted by Crippen LogP contribution is -2.34. The second-order valence-electron chi connectivity index (χ2n) is 5.11. The zero-order valence-corrected chi connectivity index (χ0v) is 11.4. The van der Waals surface area contributed by atoms with Crippen LogP contribution in [0.5, 0.6) is 0 Å². The molecule has 0 aliphatic carbocycles. The first-order valence-corrected chi connectivity index (χ1v) is 6.71. The highest BCUT2D eigenvalue weighted by Crippen LogP contribution is 2.08. The largest absolute Gasteiger partial charge is 0.480 e. The van der Waals surface area contributed by atoms with E-state index in [1.54, 1.807) is 0 Å². The summed E-state index contributed by atoms with van der Waals surface area (Å²) in [6.07, 6.45) is 2.95. The molecular weight excluding hydrogens is 242 g/mol. The number of aliphatic carboxylic acids is 1. The highest BCUT2D eigenvalue weighted by molar-refractivity contribution is 5.69. The van der Waals surface area contributed by atoms with Crippen LogP contribution in [0.3, 0.4) is 0 Å². The molecule has 1 saturated heterocycles. The second kappa shape index (κ2) is 6.63. The Hall–Kier alpha value is -1.46. The summed E-state index contributed by atoms with van der Waals surface area (Å²) in [5, 5.41) is 8.82. The summed E-state index contributed by atoms with van der Waals surface area (Å²) in [7, 11) is 0. The van der Waals surface area contributed by atoms with Crippen molar-refractivity contribution < 1.29 is 9.90 Å². The number of carbonyl (C=O) groups is 1. The lowest BCUT2D eigenvalue weighted by molar-refractivity contribution is -0.138. The van der Waals surface area contributed by atoms with Crippen molar-refractivity contribution in [3.8, 4) is 0 Å². The van der Waals surface area contributed by atoms with E-state index in [-0.39, 0.29) is 6.54 Å². The fourth-order valence-electron chi connectivity index (χ4n) is 2.38. The predicted molar refractivity (Wildman–Crippen MR) is 72.9 cm³/mol. The van der Waals surface area contributed by atoms with Crippen LogP contribution >= 0.6 is 0 Å². The molecule has 1 aromatic heterocycles. The summed E-state index contributed by atoms with van der Waals surface area (Å²) in [5.41, 5.74) is 2.25. The number of aryl methyl sites for hydroxylation is 1. The van der Waals surface area contributed by atoms with E-state index < -0.39 is 5.97 Å². The Balaban J connectivity index is 1.85. The van der Waals surface area contributed by atoms with Crippen LogP contribution in [0.4, 0.5) is 0 Å². The van der Waals surface area contributed by atoms with Gasteiger partial charge in [0.2, 0.25) is 0 Å². The summed E-state index contributed by atoms with van der Waals surface area (Å²) >= 11 is 0. The van der Waals surface area contributed by atoms with E-state index in [4.69, 9.17) is 5.11 Å². The lowest BCUT2D eigenvalue weighted by atomic mass is 10.2. The van der Waals surface area contributed by atoms with Crippen LogP contribution < -0.4 is 0 Å². The molecule has 1 aliphatic rings. The van der Waals surface area contributed by atoms with Crippen molar-refractivity contribution in [1.82, 2.24) is 14.8 Å². The van der Waals surface area contributed by atoms with Crippen molar-refractivity contribution in [1.29, 1.82) is 0 Å². The average Bonchev–Trinajstić information content (AvgIpc) is 2.57. The van der Waals surface area contributed by atoms with Crippen LogP contribution in [0.2, 0.25) is 0 Å². The standard InChI is InChI=1S/C14H21N3O2/c1-12-3-4-13(9-15-12)10-16-5-2-6-17(8-7-16)11-14(18)19/h3-4,9H,2,5-8,10-11H2,1H3,(H,18,19). The van der Waals surface area contributed by atoms with Gasteiger partial charge in [0.1, 0.15) is 0 Å². The molecule has 0 saturated carbocycles. The molecule has 0 radical (unpaired) electrons. The van der Waals surface area contributed by atoms with Gasteiger partial charge in [-0.2, -0.15) is 0 Å². The fraction of sp³-hybridized carbons (Fsp3) is 0.571. The van der Waals surface area contributed by atoms with Crippen LogP contribution in [0.25, 0.3) is 0 Å². The van der Waals surface area contributed by atoms with Crippen LogP contribution in [-0.2, 0) is 11.3 Å². The lowest BCUT2D eigenvalue weighted by Gasteiger charge is -2.20. The van der Waals surface area contributed by atoms with E-state index in [9.17, 15) is 4.79 Å². The maximum atomic E-state index is 10.7. The van der Waals surface area contributed by atoms with Gasteiger partial charge < -0.3 is 5.11 Å². The van der Waals surface area contributed by atoms with Crippen molar-refractivity contribution >= 4 is 5.97 Å². The summed E-state index contributed by atoms with van der Waals surface area (Å²) in [6, 6.07) is 4.14. The first-order chi connectivity index (χ1) is 9.13. The van der Waals surface area contributed by atoms with Crippen molar-refractivity contribution in [3.63, 3.8) is 0 Å². The molecule has 0 bridgehead atoms. The number of nitrogens with zero attached hydrogens (tertiary/aromatic N) is 3. The fourth-order valence-corrected chi connectivity index (χ4v) is 2.38. The first-order valence-electron chi connectivity index (χ1n) is 6.71. The van der Waals surface area contributed by atoms with Gasteiger partial charge in [0.05, 0.1) is 6.54 Å². The van der Waals surface area contributed by atoms with E-state index >= 15 is 0 Å². The molecule has 5 nitrogen and oxygen atoms in total. The summed E-state index contributed by atoms with van der Waals surface area (Å²) in [5.74, 6) is -0.740. The van der Waals surface area contributed by atoms with E-state index in [2.05, 4.69) is 16.0 Å². The molecule has 2 rings (SSSR count). The first kappa shape index (κ1) is 14.0. The quantitative estimate of drug-likeness (QED) is 0.877. The number of pyridine rings is 1. The number of hydrogen-bond donors (Lipinski definition) is 1. The number of rotatable bonds is 4.